The largest absolute Gasteiger partial charge is 0.480 e. The van der Waals surface area contributed by atoms with Gasteiger partial charge in [0.1, 0.15) is 6.04 Å². The summed E-state index contributed by atoms with van der Waals surface area (Å²) in [5.74, 6) is -0.963. The minimum atomic E-state index is -0.963. The van der Waals surface area contributed by atoms with Crippen molar-refractivity contribution in [1.29, 1.82) is 0 Å². The number of nitrogens with zero attached hydrogens (tertiary/aromatic N) is 1. The third-order valence-electron chi connectivity index (χ3n) is 3.31. The van der Waals surface area contributed by atoms with Gasteiger partial charge in [-0.3, -0.25) is 0 Å². The maximum Gasteiger partial charge on any atom is 0.326 e. The van der Waals surface area contributed by atoms with Crippen LogP contribution in [0.2, 0.25) is 0 Å². The van der Waals surface area contributed by atoms with E-state index in [1.54, 1.807) is 4.90 Å². The van der Waals surface area contributed by atoms with Gasteiger partial charge in [-0.2, -0.15) is 0 Å². The Hall–Kier alpha value is -1.26. The van der Waals surface area contributed by atoms with Gasteiger partial charge in [-0.25, -0.2) is 9.59 Å². The van der Waals surface area contributed by atoms with E-state index in [-0.39, 0.29) is 12.1 Å². The van der Waals surface area contributed by atoms with Gasteiger partial charge in [0.25, 0.3) is 0 Å². The zero-order valence-electron chi connectivity index (χ0n) is 12.6. The molecule has 2 N–H and O–H groups in total. The monoisotopic (exact) mass is 272 g/mol. The van der Waals surface area contributed by atoms with Gasteiger partial charge in [-0.05, 0) is 26.2 Å². The molecule has 2 atom stereocenters. The van der Waals surface area contributed by atoms with Crippen LogP contribution in [0.15, 0.2) is 0 Å². The molecule has 0 aromatic heterocycles. The zero-order valence-corrected chi connectivity index (χ0v) is 12.6. The molecule has 0 aliphatic rings. The summed E-state index contributed by atoms with van der Waals surface area (Å²) in [4.78, 5) is 25.0. The number of nitrogens with one attached hydrogen (secondary N) is 1. The quantitative estimate of drug-likeness (QED) is 0.678. The lowest BCUT2D eigenvalue weighted by Crippen LogP contribution is -2.50. The van der Waals surface area contributed by atoms with Crippen LogP contribution in [-0.2, 0) is 4.79 Å². The van der Waals surface area contributed by atoms with E-state index in [0.717, 1.165) is 25.7 Å². The van der Waals surface area contributed by atoms with Crippen molar-refractivity contribution in [1.82, 2.24) is 10.2 Å². The summed E-state index contributed by atoms with van der Waals surface area (Å²) in [6.07, 6.45) is 4.00. The van der Waals surface area contributed by atoms with Crippen LogP contribution in [0.4, 0.5) is 4.79 Å². The molecule has 0 aromatic carbocycles. The number of aliphatic carboxylic acids is 1. The fourth-order valence-electron chi connectivity index (χ4n) is 1.85. The summed E-state index contributed by atoms with van der Waals surface area (Å²) in [6, 6.07) is -0.919. The number of unbranched alkanes of at least 4 members (excludes halogenated alkanes) is 1. The minimum absolute atomic E-state index is 0.127. The van der Waals surface area contributed by atoms with E-state index >= 15 is 0 Å². The second kappa shape index (κ2) is 9.64. The van der Waals surface area contributed by atoms with Crippen molar-refractivity contribution in [3.8, 4) is 0 Å². The number of carbonyl (C=O) groups is 2. The van der Waals surface area contributed by atoms with Gasteiger partial charge in [0.15, 0.2) is 0 Å². The first kappa shape index (κ1) is 17.7. The normalized spacial score (nSPS) is 13.7. The highest BCUT2D eigenvalue weighted by molar-refractivity contribution is 5.82. The maximum atomic E-state index is 12.2. The molecular formula is C14H28N2O3. The fourth-order valence-corrected chi connectivity index (χ4v) is 1.85. The Morgan fingerprint density at radius 3 is 2.26 bits per heavy atom. The standard InChI is InChI=1S/C14H28N2O3/c1-5-8-10-16(11(4)7-3)14(19)15-12(9-6-2)13(17)18/h11-12H,5-10H2,1-4H3,(H,15,19)(H,17,18)/t11?,12-/m0/s1. The second-order valence-corrected chi connectivity index (χ2v) is 4.93. The van der Waals surface area contributed by atoms with Gasteiger partial charge in [0.05, 0.1) is 0 Å². The molecule has 0 aliphatic heterocycles. The van der Waals surface area contributed by atoms with Gasteiger partial charge in [0, 0.05) is 12.6 Å². The van der Waals surface area contributed by atoms with Gasteiger partial charge in [-0.15, -0.1) is 0 Å². The third kappa shape index (κ3) is 6.45. The summed E-state index contributed by atoms with van der Waals surface area (Å²) in [5, 5.41) is 11.7. The molecule has 0 radical (unpaired) electrons. The van der Waals surface area contributed by atoms with E-state index < -0.39 is 12.0 Å². The lowest BCUT2D eigenvalue weighted by molar-refractivity contribution is -0.139. The maximum absolute atomic E-state index is 12.2. The molecule has 0 saturated heterocycles. The Balaban J connectivity index is 4.63. The molecule has 19 heavy (non-hydrogen) atoms. The molecule has 112 valence electrons. The Morgan fingerprint density at radius 1 is 1.21 bits per heavy atom. The van der Waals surface area contributed by atoms with Crippen molar-refractivity contribution in [3.05, 3.63) is 0 Å². The predicted octanol–water partition coefficient (Wildman–Crippen LogP) is 2.85. The minimum Gasteiger partial charge on any atom is -0.480 e. The Labute approximate surface area is 116 Å². The number of hydrogen-bond acceptors (Lipinski definition) is 2. The summed E-state index contributed by atoms with van der Waals surface area (Å²) >= 11 is 0. The summed E-state index contributed by atoms with van der Waals surface area (Å²) in [6.45, 7) is 8.67. The summed E-state index contributed by atoms with van der Waals surface area (Å²) < 4.78 is 0. The van der Waals surface area contributed by atoms with Crippen LogP contribution in [0, 0.1) is 0 Å². The Morgan fingerprint density at radius 2 is 1.84 bits per heavy atom. The fraction of sp³-hybridized carbons (Fsp3) is 0.857. The number of hydrogen-bond donors (Lipinski definition) is 2. The van der Waals surface area contributed by atoms with Crippen molar-refractivity contribution < 1.29 is 14.7 Å². The number of urea groups is 1. The van der Waals surface area contributed by atoms with E-state index in [9.17, 15) is 9.59 Å². The van der Waals surface area contributed by atoms with Gasteiger partial charge < -0.3 is 15.3 Å². The van der Waals surface area contributed by atoms with Crippen LogP contribution in [-0.4, -0.2) is 40.6 Å². The van der Waals surface area contributed by atoms with Crippen LogP contribution in [0.25, 0.3) is 0 Å². The second-order valence-electron chi connectivity index (χ2n) is 4.93. The first-order chi connectivity index (χ1) is 8.97. The average molecular weight is 272 g/mol. The molecule has 0 fully saturated rings. The van der Waals surface area contributed by atoms with Gasteiger partial charge in [0.2, 0.25) is 0 Å². The van der Waals surface area contributed by atoms with E-state index in [4.69, 9.17) is 5.11 Å². The molecule has 0 bridgehead atoms. The molecule has 0 spiro atoms. The predicted molar refractivity (Wildman–Crippen MR) is 76.2 cm³/mol. The van der Waals surface area contributed by atoms with Crippen molar-refractivity contribution in [2.75, 3.05) is 6.54 Å². The smallest absolute Gasteiger partial charge is 0.326 e. The van der Waals surface area contributed by atoms with Crippen LogP contribution in [0.5, 0.6) is 0 Å². The molecule has 2 amide bonds. The van der Waals surface area contributed by atoms with Crippen molar-refractivity contribution >= 4 is 12.0 Å². The highest BCUT2D eigenvalue weighted by atomic mass is 16.4. The molecule has 5 nitrogen and oxygen atoms in total. The highest BCUT2D eigenvalue weighted by Crippen LogP contribution is 2.07. The van der Waals surface area contributed by atoms with Gasteiger partial charge >= 0.3 is 12.0 Å². The van der Waals surface area contributed by atoms with Crippen LogP contribution in [0.3, 0.4) is 0 Å². The molecule has 0 aliphatic carbocycles. The van der Waals surface area contributed by atoms with Crippen LogP contribution in [0.1, 0.15) is 59.8 Å². The lowest BCUT2D eigenvalue weighted by atomic mass is 10.1. The van der Waals surface area contributed by atoms with E-state index in [2.05, 4.69) is 12.2 Å². The molecule has 5 heteroatoms. The molecule has 0 aromatic rings. The lowest BCUT2D eigenvalue weighted by Gasteiger charge is -2.30. The average Bonchev–Trinajstić information content (AvgIpc) is 2.38. The Kier molecular flexibility index (Phi) is 9.00. The first-order valence-corrected chi connectivity index (χ1v) is 7.27. The third-order valence-corrected chi connectivity index (χ3v) is 3.31. The topological polar surface area (TPSA) is 69.6 Å². The summed E-state index contributed by atoms with van der Waals surface area (Å²) in [5.41, 5.74) is 0. The molecular weight excluding hydrogens is 244 g/mol. The van der Waals surface area contributed by atoms with Crippen molar-refractivity contribution in [3.63, 3.8) is 0 Å². The van der Waals surface area contributed by atoms with E-state index in [1.807, 2.05) is 20.8 Å². The number of carbonyl (C=O) groups excluding carboxylic acids is 1. The molecule has 1 unspecified atom stereocenters. The van der Waals surface area contributed by atoms with Crippen molar-refractivity contribution in [2.45, 2.75) is 71.9 Å². The highest BCUT2D eigenvalue weighted by Gasteiger charge is 2.24. The van der Waals surface area contributed by atoms with Crippen LogP contribution < -0.4 is 5.32 Å². The SMILES string of the molecule is CCCCN(C(=O)N[C@@H](CCC)C(=O)O)C(C)CC. The number of carboxylic acid groups (broad SMARTS) is 1. The number of amides is 2. The Bertz CT molecular complexity index is 282. The van der Waals surface area contributed by atoms with Gasteiger partial charge in [-0.1, -0.05) is 33.6 Å². The number of rotatable bonds is 9. The molecule has 0 saturated carbocycles. The zero-order chi connectivity index (χ0) is 14.8. The van der Waals surface area contributed by atoms with E-state index in [0.29, 0.717) is 13.0 Å². The molecule has 0 heterocycles. The van der Waals surface area contributed by atoms with E-state index in [1.165, 1.54) is 0 Å². The van der Waals surface area contributed by atoms with Crippen LogP contribution >= 0.6 is 0 Å². The first-order valence-electron chi connectivity index (χ1n) is 7.27. The molecule has 0 rings (SSSR count). The summed E-state index contributed by atoms with van der Waals surface area (Å²) in [7, 11) is 0. The van der Waals surface area contributed by atoms with Crippen molar-refractivity contribution in [2.24, 2.45) is 0 Å². The number of carboxylic acids is 1.